The number of hydrogen-bond donors (Lipinski definition) is 1. The van der Waals surface area contributed by atoms with Crippen LogP contribution in [0.25, 0.3) is 0 Å². The second kappa shape index (κ2) is 6.30. The third kappa shape index (κ3) is 3.64. The summed E-state index contributed by atoms with van der Waals surface area (Å²) >= 11 is 0. The maximum Gasteiger partial charge on any atom is 0.321 e. The Morgan fingerprint density at radius 3 is 2.76 bits per heavy atom. The molecule has 2 rings (SSSR count). The standard InChI is InChI=1S/C15H22N2O4/c1-10-6-7-17(14(10)15(19)20)9-13(18)16(3)8-12-5-4-11(2)21-12/h4-5,10,14H,6-9H2,1-3H3,(H,19,20). The maximum atomic E-state index is 12.2. The number of aryl methyl sites for hydroxylation is 1. The summed E-state index contributed by atoms with van der Waals surface area (Å²) in [6.07, 6.45) is 0.811. The number of furan rings is 1. The highest BCUT2D eigenvalue weighted by molar-refractivity contribution is 5.80. The summed E-state index contributed by atoms with van der Waals surface area (Å²) < 4.78 is 5.45. The molecular formula is C15H22N2O4. The number of aliphatic carboxylic acids is 1. The highest BCUT2D eigenvalue weighted by atomic mass is 16.4. The predicted molar refractivity (Wildman–Crippen MR) is 76.7 cm³/mol. The van der Waals surface area contributed by atoms with Crippen molar-refractivity contribution >= 4 is 11.9 Å². The van der Waals surface area contributed by atoms with Gasteiger partial charge in [0.05, 0.1) is 13.1 Å². The van der Waals surface area contributed by atoms with Crippen LogP contribution in [0.2, 0.25) is 0 Å². The Morgan fingerprint density at radius 1 is 1.48 bits per heavy atom. The first-order valence-electron chi connectivity index (χ1n) is 7.14. The fourth-order valence-corrected chi connectivity index (χ4v) is 2.79. The molecule has 0 aliphatic carbocycles. The molecule has 1 aliphatic rings. The van der Waals surface area contributed by atoms with Crippen molar-refractivity contribution < 1.29 is 19.1 Å². The Morgan fingerprint density at radius 2 is 2.19 bits per heavy atom. The van der Waals surface area contributed by atoms with Gasteiger partial charge in [-0.3, -0.25) is 14.5 Å². The lowest BCUT2D eigenvalue weighted by Crippen LogP contribution is -2.44. The Kier molecular flexibility index (Phi) is 4.67. The largest absolute Gasteiger partial charge is 0.480 e. The van der Waals surface area contributed by atoms with Crippen LogP contribution in [0.4, 0.5) is 0 Å². The number of likely N-dealkylation sites (tertiary alicyclic amines) is 1. The van der Waals surface area contributed by atoms with Crippen molar-refractivity contribution in [2.24, 2.45) is 5.92 Å². The smallest absolute Gasteiger partial charge is 0.321 e. The second-order valence-corrected chi connectivity index (χ2v) is 5.78. The molecule has 116 valence electrons. The zero-order valence-corrected chi connectivity index (χ0v) is 12.7. The van der Waals surface area contributed by atoms with Crippen LogP contribution in [0.15, 0.2) is 16.5 Å². The minimum Gasteiger partial charge on any atom is -0.480 e. The molecule has 0 bridgehead atoms. The summed E-state index contributed by atoms with van der Waals surface area (Å²) in [5.74, 6) is 0.674. The average Bonchev–Trinajstić information content (AvgIpc) is 2.96. The molecule has 21 heavy (non-hydrogen) atoms. The molecule has 0 radical (unpaired) electrons. The highest BCUT2D eigenvalue weighted by Crippen LogP contribution is 2.24. The Labute approximate surface area is 124 Å². The lowest BCUT2D eigenvalue weighted by Gasteiger charge is -2.25. The lowest BCUT2D eigenvalue weighted by atomic mass is 10.0. The highest BCUT2D eigenvalue weighted by Gasteiger charge is 2.37. The van der Waals surface area contributed by atoms with Crippen LogP contribution in [0.1, 0.15) is 24.9 Å². The van der Waals surface area contributed by atoms with E-state index in [1.165, 1.54) is 0 Å². The van der Waals surface area contributed by atoms with Gasteiger partial charge < -0.3 is 14.4 Å². The minimum atomic E-state index is -0.850. The van der Waals surface area contributed by atoms with Gasteiger partial charge in [0.25, 0.3) is 0 Å². The number of likely N-dealkylation sites (N-methyl/N-ethyl adjacent to an activating group) is 1. The van der Waals surface area contributed by atoms with Gasteiger partial charge in [-0.25, -0.2) is 0 Å². The van der Waals surface area contributed by atoms with Crippen molar-refractivity contribution in [2.75, 3.05) is 20.1 Å². The fourth-order valence-electron chi connectivity index (χ4n) is 2.79. The summed E-state index contributed by atoms with van der Waals surface area (Å²) in [5, 5.41) is 9.26. The summed E-state index contributed by atoms with van der Waals surface area (Å²) in [7, 11) is 1.70. The van der Waals surface area contributed by atoms with Crippen LogP contribution in [0.5, 0.6) is 0 Å². The van der Waals surface area contributed by atoms with Gasteiger partial charge >= 0.3 is 5.97 Å². The number of hydrogen-bond acceptors (Lipinski definition) is 4. The summed E-state index contributed by atoms with van der Waals surface area (Å²) in [4.78, 5) is 26.8. The molecule has 0 spiro atoms. The van der Waals surface area contributed by atoms with Gasteiger partial charge in [-0.05, 0) is 37.9 Å². The first kappa shape index (κ1) is 15.6. The van der Waals surface area contributed by atoms with Gasteiger partial charge in [0.1, 0.15) is 17.6 Å². The van der Waals surface area contributed by atoms with Crippen molar-refractivity contribution in [1.29, 1.82) is 0 Å². The van der Waals surface area contributed by atoms with Crippen molar-refractivity contribution in [3.05, 3.63) is 23.7 Å². The van der Waals surface area contributed by atoms with Crippen molar-refractivity contribution in [1.82, 2.24) is 9.80 Å². The number of rotatable bonds is 5. The molecule has 6 heteroatoms. The predicted octanol–water partition coefficient (Wildman–Crippen LogP) is 1.34. The van der Waals surface area contributed by atoms with Gasteiger partial charge in [-0.1, -0.05) is 6.92 Å². The lowest BCUT2D eigenvalue weighted by molar-refractivity contribution is -0.144. The number of carboxylic acids is 1. The third-order valence-electron chi connectivity index (χ3n) is 4.01. The molecule has 1 aromatic rings. The maximum absolute atomic E-state index is 12.2. The average molecular weight is 294 g/mol. The molecule has 1 amide bonds. The van der Waals surface area contributed by atoms with E-state index >= 15 is 0 Å². The molecule has 2 atom stereocenters. The van der Waals surface area contributed by atoms with Gasteiger partial charge in [0.15, 0.2) is 0 Å². The van der Waals surface area contributed by atoms with Crippen LogP contribution in [-0.2, 0) is 16.1 Å². The van der Waals surface area contributed by atoms with E-state index in [-0.39, 0.29) is 18.4 Å². The molecule has 1 N–H and O–H groups in total. The van der Waals surface area contributed by atoms with E-state index in [4.69, 9.17) is 4.42 Å². The molecule has 1 aromatic heterocycles. The van der Waals surface area contributed by atoms with E-state index < -0.39 is 12.0 Å². The Bertz CT molecular complexity index is 525. The number of carboxylic acid groups (broad SMARTS) is 1. The van der Waals surface area contributed by atoms with Crippen LogP contribution in [0, 0.1) is 12.8 Å². The molecule has 1 fully saturated rings. The number of carbonyl (C=O) groups excluding carboxylic acids is 1. The quantitative estimate of drug-likeness (QED) is 0.887. The van der Waals surface area contributed by atoms with E-state index in [0.29, 0.717) is 13.1 Å². The van der Waals surface area contributed by atoms with Crippen LogP contribution in [-0.4, -0.2) is 53.0 Å². The molecule has 2 heterocycles. The van der Waals surface area contributed by atoms with Crippen LogP contribution in [0.3, 0.4) is 0 Å². The number of amides is 1. The zero-order valence-electron chi connectivity index (χ0n) is 12.7. The van der Waals surface area contributed by atoms with Crippen molar-refractivity contribution in [2.45, 2.75) is 32.9 Å². The fraction of sp³-hybridized carbons (Fsp3) is 0.600. The number of carbonyl (C=O) groups is 2. The third-order valence-corrected chi connectivity index (χ3v) is 4.01. The van der Waals surface area contributed by atoms with Crippen LogP contribution >= 0.6 is 0 Å². The van der Waals surface area contributed by atoms with Crippen molar-refractivity contribution in [3.8, 4) is 0 Å². The monoisotopic (exact) mass is 294 g/mol. The van der Waals surface area contributed by atoms with E-state index in [9.17, 15) is 14.7 Å². The van der Waals surface area contributed by atoms with Crippen LogP contribution < -0.4 is 0 Å². The van der Waals surface area contributed by atoms with E-state index in [2.05, 4.69) is 0 Å². The molecule has 2 unspecified atom stereocenters. The van der Waals surface area contributed by atoms with Gasteiger partial charge in [-0.2, -0.15) is 0 Å². The zero-order chi connectivity index (χ0) is 15.6. The number of nitrogens with zero attached hydrogens (tertiary/aromatic N) is 2. The summed E-state index contributed by atoms with van der Waals surface area (Å²) in [6, 6.07) is 3.14. The Hall–Kier alpha value is -1.82. The first-order valence-corrected chi connectivity index (χ1v) is 7.14. The topological polar surface area (TPSA) is 74.0 Å². The van der Waals surface area contributed by atoms with Gasteiger partial charge in [-0.15, -0.1) is 0 Å². The molecule has 1 aliphatic heterocycles. The minimum absolute atomic E-state index is 0.0772. The summed E-state index contributed by atoms with van der Waals surface area (Å²) in [6.45, 7) is 4.95. The summed E-state index contributed by atoms with van der Waals surface area (Å²) in [5.41, 5.74) is 0. The Balaban J connectivity index is 1.92. The van der Waals surface area contributed by atoms with Gasteiger partial charge in [0, 0.05) is 7.05 Å². The first-order chi connectivity index (χ1) is 9.88. The SMILES string of the molecule is Cc1ccc(CN(C)C(=O)CN2CCC(C)C2C(=O)O)o1. The van der Waals surface area contributed by atoms with Gasteiger partial charge in [0.2, 0.25) is 5.91 Å². The molecule has 0 aromatic carbocycles. The van der Waals surface area contributed by atoms with Crippen molar-refractivity contribution in [3.63, 3.8) is 0 Å². The molecule has 6 nitrogen and oxygen atoms in total. The molecular weight excluding hydrogens is 272 g/mol. The van der Waals surface area contributed by atoms with E-state index in [1.54, 1.807) is 16.8 Å². The van der Waals surface area contributed by atoms with E-state index in [0.717, 1.165) is 17.9 Å². The molecule has 0 saturated carbocycles. The second-order valence-electron chi connectivity index (χ2n) is 5.78. The van der Waals surface area contributed by atoms with E-state index in [1.807, 2.05) is 26.0 Å². The molecule has 1 saturated heterocycles. The normalized spacial score (nSPS) is 22.4.